The summed E-state index contributed by atoms with van der Waals surface area (Å²) in [4.78, 5) is 2.39. The van der Waals surface area contributed by atoms with E-state index in [0.29, 0.717) is 0 Å². The zero-order chi connectivity index (χ0) is 11.7. The third kappa shape index (κ3) is 2.27. The molecule has 2 rings (SSSR count). The molecule has 0 unspecified atom stereocenters. The zero-order valence-electron chi connectivity index (χ0n) is 9.96. The van der Waals surface area contributed by atoms with E-state index in [-0.39, 0.29) is 0 Å². The highest BCUT2D eigenvalue weighted by Crippen LogP contribution is 2.34. The second kappa shape index (κ2) is 4.54. The van der Waals surface area contributed by atoms with E-state index in [2.05, 4.69) is 18.7 Å². The summed E-state index contributed by atoms with van der Waals surface area (Å²) in [5.41, 5.74) is 8.87. The molecule has 1 aromatic rings. The number of hydrogen-bond acceptors (Lipinski definition) is 2. The van der Waals surface area contributed by atoms with Crippen molar-refractivity contribution < 1.29 is 0 Å². The van der Waals surface area contributed by atoms with Crippen molar-refractivity contribution >= 4 is 23.0 Å². The number of nitrogen functional groups attached to an aromatic ring is 1. The van der Waals surface area contributed by atoms with Gasteiger partial charge in [-0.3, -0.25) is 0 Å². The van der Waals surface area contributed by atoms with Gasteiger partial charge in [0.1, 0.15) is 0 Å². The minimum Gasteiger partial charge on any atom is -0.399 e. The van der Waals surface area contributed by atoms with Crippen LogP contribution in [0.3, 0.4) is 0 Å². The second-order valence-electron chi connectivity index (χ2n) is 4.84. The molecule has 1 aromatic carbocycles. The summed E-state index contributed by atoms with van der Waals surface area (Å²) in [5, 5.41) is 0.784. The molecule has 1 heterocycles. The number of anilines is 2. The summed E-state index contributed by atoms with van der Waals surface area (Å²) in [5.74, 6) is 0.837. The van der Waals surface area contributed by atoms with E-state index in [4.69, 9.17) is 17.3 Å². The average molecular weight is 239 g/mol. The summed E-state index contributed by atoms with van der Waals surface area (Å²) < 4.78 is 0. The van der Waals surface area contributed by atoms with Crippen molar-refractivity contribution in [1.82, 2.24) is 0 Å². The first-order valence-electron chi connectivity index (χ1n) is 5.88. The molecule has 3 heteroatoms. The number of nitrogens with two attached hydrogens (primary N) is 1. The molecule has 16 heavy (non-hydrogen) atoms. The zero-order valence-corrected chi connectivity index (χ0v) is 10.7. The minimum absolute atomic E-state index is 0.747. The molecule has 0 radical (unpaired) electrons. The van der Waals surface area contributed by atoms with Crippen LogP contribution in [0, 0.1) is 12.8 Å². The summed E-state index contributed by atoms with van der Waals surface area (Å²) in [6.07, 6.45) is 2.50. The lowest BCUT2D eigenvalue weighted by atomic mass is 9.98. The van der Waals surface area contributed by atoms with Crippen LogP contribution in [-0.4, -0.2) is 13.1 Å². The van der Waals surface area contributed by atoms with Crippen LogP contribution in [0.25, 0.3) is 0 Å². The van der Waals surface area contributed by atoms with Gasteiger partial charge >= 0.3 is 0 Å². The van der Waals surface area contributed by atoms with Crippen molar-refractivity contribution in [1.29, 1.82) is 0 Å². The van der Waals surface area contributed by atoms with Gasteiger partial charge < -0.3 is 10.6 Å². The molecule has 0 atom stereocenters. The Morgan fingerprint density at radius 3 is 2.50 bits per heavy atom. The fraction of sp³-hybridized carbons (Fsp3) is 0.538. The van der Waals surface area contributed by atoms with Crippen molar-refractivity contribution in [3.8, 4) is 0 Å². The molecular weight excluding hydrogens is 220 g/mol. The lowest BCUT2D eigenvalue weighted by molar-refractivity contribution is 0.438. The highest BCUT2D eigenvalue weighted by atomic mass is 35.5. The molecule has 0 saturated carbocycles. The standard InChI is InChI=1S/C13H19ClN2/c1-9-3-5-16(6-4-9)13-10(2)7-11(15)8-12(13)14/h7-9H,3-6,15H2,1-2H3. The van der Waals surface area contributed by atoms with Gasteiger partial charge in [-0.1, -0.05) is 18.5 Å². The van der Waals surface area contributed by atoms with E-state index in [0.717, 1.165) is 29.7 Å². The molecule has 2 N–H and O–H groups in total. The normalized spacial score (nSPS) is 17.8. The first-order valence-corrected chi connectivity index (χ1v) is 6.26. The summed E-state index contributed by atoms with van der Waals surface area (Å²) >= 11 is 6.28. The van der Waals surface area contributed by atoms with Gasteiger partial charge in [-0.15, -0.1) is 0 Å². The van der Waals surface area contributed by atoms with Crippen LogP contribution in [0.2, 0.25) is 5.02 Å². The predicted octanol–water partition coefficient (Wildman–Crippen LogP) is 3.47. The lowest BCUT2D eigenvalue weighted by Crippen LogP contribution is -2.33. The van der Waals surface area contributed by atoms with Crippen molar-refractivity contribution in [3.63, 3.8) is 0 Å². The Balaban J connectivity index is 2.26. The van der Waals surface area contributed by atoms with Crippen molar-refractivity contribution in [2.45, 2.75) is 26.7 Å². The van der Waals surface area contributed by atoms with Gasteiger partial charge in [0, 0.05) is 18.8 Å². The largest absolute Gasteiger partial charge is 0.399 e. The van der Waals surface area contributed by atoms with Gasteiger partial charge in [0.05, 0.1) is 10.7 Å². The van der Waals surface area contributed by atoms with E-state index in [1.54, 1.807) is 0 Å². The maximum absolute atomic E-state index is 6.28. The summed E-state index contributed by atoms with van der Waals surface area (Å²) in [7, 11) is 0. The van der Waals surface area contributed by atoms with E-state index in [1.807, 2.05) is 12.1 Å². The fourth-order valence-electron chi connectivity index (χ4n) is 2.40. The van der Waals surface area contributed by atoms with Gasteiger partial charge in [-0.25, -0.2) is 0 Å². The van der Waals surface area contributed by atoms with Gasteiger partial charge in [0.2, 0.25) is 0 Å². The molecule has 1 saturated heterocycles. The third-order valence-corrected chi connectivity index (χ3v) is 3.66. The van der Waals surface area contributed by atoms with Crippen LogP contribution >= 0.6 is 11.6 Å². The molecule has 2 nitrogen and oxygen atoms in total. The highest BCUT2D eigenvalue weighted by Gasteiger charge is 2.19. The Morgan fingerprint density at radius 2 is 1.94 bits per heavy atom. The molecule has 1 aliphatic rings. The van der Waals surface area contributed by atoms with E-state index in [9.17, 15) is 0 Å². The van der Waals surface area contributed by atoms with Crippen molar-refractivity contribution in [2.75, 3.05) is 23.7 Å². The van der Waals surface area contributed by atoms with Gasteiger partial charge in [-0.2, -0.15) is 0 Å². The van der Waals surface area contributed by atoms with Crippen LogP contribution < -0.4 is 10.6 Å². The molecule has 0 aromatic heterocycles. The summed E-state index contributed by atoms with van der Waals surface area (Å²) in [6, 6.07) is 3.85. The molecule has 1 fully saturated rings. The van der Waals surface area contributed by atoms with Crippen LogP contribution in [-0.2, 0) is 0 Å². The van der Waals surface area contributed by atoms with Crippen LogP contribution in [0.5, 0.6) is 0 Å². The summed E-state index contributed by atoms with van der Waals surface area (Å²) in [6.45, 7) is 6.60. The molecule has 1 aliphatic heterocycles. The number of rotatable bonds is 1. The Hall–Kier alpha value is -0.890. The molecule has 0 aliphatic carbocycles. The number of nitrogens with zero attached hydrogens (tertiary/aromatic N) is 1. The van der Waals surface area contributed by atoms with Crippen molar-refractivity contribution in [3.05, 3.63) is 22.7 Å². The Labute approximate surface area is 102 Å². The Kier molecular flexibility index (Phi) is 3.29. The second-order valence-corrected chi connectivity index (χ2v) is 5.25. The Morgan fingerprint density at radius 1 is 1.31 bits per heavy atom. The molecule has 0 bridgehead atoms. The minimum atomic E-state index is 0.747. The topological polar surface area (TPSA) is 29.3 Å². The SMILES string of the molecule is Cc1cc(N)cc(Cl)c1N1CCC(C)CC1. The van der Waals surface area contributed by atoms with E-state index in [1.165, 1.54) is 24.1 Å². The molecular formula is C13H19ClN2. The molecule has 88 valence electrons. The fourth-order valence-corrected chi connectivity index (χ4v) is 2.79. The van der Waals surface area contributed by atoms with Crippen LogP contribution in [0.1, 0.15) is 25.3 Å². The van der Waals surface area contributed by atoms with E-state index >= 15 is 0 Å². The first-order chi connectivity index (χ1) is 7.58. The quantitative estimate of drug-likeness (QED) is 0.760. The third-order valence-electron chi connectivity index (χ3n) is 3.38. The number of piperidine rings is 1. The monoisotopic (exact) mass is 238 g/mol. The predicted molar refractivity (Wildman–Crippen MR) is 71.2 cm³/mol. The maximum atomic E-state index is 6.28. The van der Waals surface area contributed by atoms with Crippen molar-refractivity contribution in [2.24, 2.45) is 5.92 Å². The number of halogens is 1. The van der Waals surface area contributed by atoms with E-state index < -0.39 is 0 Å². The average Bonchev–Trinajstić information content (AvgIpc) is 2.19. The number of aryl methyl sites for hydroxylation is 1. The highest BCUT2D eigenvalue weighted by molar-refractivity contribution is 6.33. The Bertz CT molecular complexity index is 359. The van der Waals surface area contributed by atoms with Crippen LogP contribution in [0.4, 0.5) is 11.4 Å². The van der Waals surface area contributed by atoms with Gasteiger partial charge in [0.25, 0.3) is 0 Å². The maximum Gasteiger partial charge on any atom is 0.0662 e. The van der Waals surface area contributed by atoms with Gasteiger partial charge in [0.15, 0.2) is 0 Å². The number of benzene rings is 1. The van der Waals surface area contributed by atoms with Crippen LogP contribution in [0.15, 0.2) is 12.1 Å². The molecule has 0 spiro atoms. The molecule has 0 amide bonds. The smallest absolute Gasteiger partial charge is 0.0662 e. The van der Waals surface area contributed by atoms with Gasteiger partial charge in [-0.05, 0) is 43.4 Å². The first kappa shape index (κ1) is 11.6. The lowest BCUT2D eigenvalue weighted by Gasteiger charge is -2.33. The number of hydrogen-bond donors (Lipinski definition) is 1.